The summed E-state index contributed by atoms with van der Waals surface area (Å²) in [6.07, 6.45) is 8.01. The van der Waals surface area contributed by atoms with Crippen LogP contribution in [0.2, 0.25) is 0 Å². The van der Waals surface area contributed by atoms with Gasteiger partial charge >= 0.3 is 0 Å². The summed E-state index contributed by atoms with van der Waals surface area (Å²) in [7, 11) is 3.83. The van der Waals surface area contributed by atoms with Crippen molar-refractivity contribution in [2.24, 2.45) is 0 Å². The first-order valence-corrected chi connectivity index (χ1v) is 7.85. The Morgan fingerprint density at radius 2 is 1.84 bits per heavy atom. The maximum absolute atomic E-state index is 5.57. The van der Waals surface area contributed by atoms with Crippen LogP contribution in [0, 0.1) is 0 Å². The fraction of sp³-hybridized carbons (Fsp3) is 1.00. The molecule has 0 aromatic rings. The summed E-state index contributed by atoms with van der Waals surface area (Å²) >= 11 is 0. The molecule has 0 aromatic heterocycles. The van der Waals surface area contributed by atoms with Gasteiger partial charge in [0.15, 0.2) is 0 Å². The minimum atomic E-state index is 0.707. The fourth-order valence-corrected chi connectivity index (χ4v) is 3.67. The van der Waals surface area contributed by atoms with Crippen LogP contribution in [0.15, 0.2) is 0 Å². The molecule has 0 amide bonds. The first-order chi connectivity index (χ1) is 9.35. The summed E-state index contributed by atoms with van der Waals surface area (Å²) in [4.78, 5) is 2.76. The third-order valence-corrected chi connectivity index (χ3v) is 4.67. The quantitative estimate of drug-likeness (QED) is 0.680. The van der Waals surface area contributed by atoms with Crippen molar-refractivity contribution >= 4 is 0 Å². The van der Waals surface area contributed by atoms with Crippen molar-refractivity contribution in [3.05, 3.63) is 0 Å². The second kappa shape index (κ2) is 8.20. The van der Waals surface area contributed by atoms with Crippen LogP contribution in [0.25, 0.3) is 0 Å². The van der Waals surface area contributed by atoms with E-state index in [-0.39, 0.29) is 0 Å². The van der Waals surface area contributed by atoms with E-state index in [1.54, 1.807) is 7.11 Å². The Morgan fingerprint density at radius 3 is 2.47 bits per heavy atom. The average molecular weight is 270 g/mol. The maximum Gasteiger partial charge on any atom is 0.0700 e. The van der Waals surface area contributed by atoms with E-state index in [1.165, 1.54) is 38.6 Å². The van der Waals surface area contributed by atoms with Crippen molar-refractivity contribution in [2.45, 2.75) is 56.7 Å². The summed E-state index contributed by atoms with van der Waals surface area (Å²) in [5, 5.41) is 3.48. The average Bonchev–Trinajstić information content (AvgIpc) is 2.42. The van der Waals surface area contributed by atoms with E-state index >= 15 is 0 Å². The SMILES string of the molecule is CNC1CC2CCCC(C1)N2CCCOCCOC. The molecule has 0 aliphatic carbocycles. The number of hydrogen-bond acceptors (Lipinski definition) is 4. The van der Waals surface area contributed by atoms with Crippen molar-refractivity contribution in [1.82, 2.24) is 10.2 Å². The molecule has 2 unspecified atom stereocenters. The Bertz CT molecular complexity index is 236. The van der Waals surface area contributed by atoms with Gasteiger partial charge in [0.1, 0.15) is 0 Å². The van der Waals surface area contributed by atoms with Crippen molar-refractivity contribution in [1.29, 1.82) is 0 Å². The molecule has 2 atom stereocenters. The number of nitrogens with one attached hydrogen (secondary N) is 1. The van der Waals surface area contributed by atoms with E-state index in [9.17, 15) is 0 Å². The molecular formula is C15H30N2O2. The van der Waals surface area contributed by atoms with Crippen LogP contribution in [-0.2, 0) is 9.47 Å². The molecule has 2 aliphatic rings. The zero-order chi connectivity index (χ0) is 13.5. The predicted molar refractivity (Wildman–Crippen MR) is 77.5 cm³/mol. The number of piperidine rings is 2. The van der Waals surface area contributed by atoms with Crippen LogP contribution in [0.3, 0.4) is 0 Å². The lowest BCUT2D eigenvalue weighted by molar-refractivity contribution is 0.0130. The van der Waals surface area contributed by atoms with Crippen molar-refractivity contribution in [3.8, 4) is 0 Å². The van der Waals surface area contributed by atoms with Gasteiger partial charge in [-0.25, -0.2) is 0 Å². The Balaban J connectivity index is 1.68. The topological polar surface area (TPSA) is 33.7 Å². The second-order valence-electron chi connectivity index (χ2n) is 5.89. The Morgan fingerprint density at radius 1 is 1.11 bits per heavy atom. The highest BCUT2D eigenvalue weighted by Crippen LogP contribution is 2.33. The van der Waals surface area contributed by atoms with Gasteiger partial charge in [-0.05, 0) is 39.2 Å². The molecule has 112 valence electrons. The van der Waals surface area contributed by atoms with Crippen LogP contribution < -0.4 is 5.32 Å². The van der Waals surface area contributed by atoms with E-state index in [1.807, 2.05) is 0 Å². The molecule has 0 aromatic carbocycles. The molecule has 0 radical (unpaired) electrons. The molecule has 19 heavy (non-hydrogen) atoms. The highest BCUT2D eigenvalue weighted by molar-refractivity contribution is 4.94. The van der Waals surface area contributed by atoms with Crippen molar-refractivity contribution in [2.75, 3.05) is 40.5 Å². The summed E-state index contributed by atoms with van der Waals surface area (Å²) in [5.74, 6) is 0. The predicted octanol–water partition coefficient (Wildman–Crippen LogP) is 1.64. The first-order valence-electron chi connectivity index (χ1n) is 7.85. The van der Waals surface area contributed by atoms with E-state index in [2.05, 4.69) is 17.3 Å². The molecule has 0 saturated carbocycles. The monoisotopic (exact) mass is 270 g/mol. The first kappa shape index (κ1) is 15.2. The lowest BCUT2D eigenvalue weighted by Crippen LogP contribution is -2.56. The standard InChI is InChI=1S/C15H30N2O2/c1-16-13-11-14-5-3-6-15(12-13)17(14)7-4-8-19-10-9-18-2/h13-16H,3-12H2,1-2H3. The summed E-state index contributed by atoms with van der Waals surface area (Å²) in [5.41, 5.74) is 0. The largest absolute Gasteiger partial charge is 0.382 e. The highest BCUT2D eigenvalue weighted by Gasteiger charge is 2.37. The Hall–Kier alpha value is -0.160. The van der Waals surface area contributed by atoms with Crippen LogP contribution in [0.5, 0.6) is 0 Å². The second-order valence-corrected chi connectivity index (χ2v) is 5.89. The van der Waals surface area contributed by atoms with Crippen molar-refractivity contribution in [3.63, 3.8) is 0 Å². The maximum atomic E-state index is 5.57. The molecule has 0 spiro atoms. The van der Waals surface area contributed by atoms with Gasteiger partial charge in [-0.1, -0.05) is 6.42 Å². The van der Waals surface area contributed by atoms with E-state index in [0.29, 0.717) is 6.61 Å². The normalized spacial score (nSPS) is 31.6. The van der Waals surface area contributed by atoms with Crippen LogP contribution >= 0.6 is 0 Å². The molecule has 4 nitrogen and oxygen atoms in total. The molecule has 2 heterocycles. The van der Waals surface area contributed by atoms with E-state index < -0.39 is 0 Å². The van der Waals surface area contributed by atoms with Gasteiger partial charge in [0.05, 0.1) is 13.2 Å². The minimum absolute atomic E-state index is 0.707. The van der Waals surface area contributed by atoms with Crippen LogP contribution in [-0.4, -0.2) is 63.5 Å². The molecule has 2 fully saturated rings. The molecule has 2 rings (SSSR count). The Kier molecular flexibility index (Phi) is 6.57. The number of methoxy groups -OCH3 is 1. The number of rotatable bonds is 8. The summed E-state index contributed by atoms with van der Waals surface area (Å²) in [6.45, 7) is 3.51. The van der Waals surface area contributed by atoms with Gasteiger partial charge in [-0.3, -0.25) is 4.90 Å². The van der Waals surface area contributed by atoms with Gasteiger partial charge in [-0.2, -0.15) is 0 Å². The zero-order valence-corrected chi connectivity index (χ0v) is 12.6. The summed E-state index contributed by atoms with van der Waals surface area (Å²) in [6, 6.07) is 2.36. The third-order valence-electron chi connectivity index (χ3n) is 4.67. The van der Waals surface area contributed by atoms with Crippen LogP contribution in [0.1, 0.15) is 38.5 Å². The van der Waals surface area contributed by atoms with Gasteiger partial charge in [-0.15, -0.1) is 0 Å². The third kappa shape index (κ3) is 4.42. The number of hydrogen-bond donors (Lipinski definition) is 1. The van der Waals surface area contributed by atoms with Gasteiger partial charge in [0.25, 0.3) is 0 Å². The van der Waals surface area contributed by atoms with E-state index in [4.69, 9.17) is 9.47 Å². The zero-order valence-electron chi connectivity index (χ0n) is 12.6. The summed E-state index contributed by atoms with van der Waals surface area (Å²) < 4.78 is 10.5. The number of ether oxygens (including phenoxy) is 2. The Labute approximate surface area is 117 Å². The number of nitrogens with zero attached hydrogens (tertiary/aromatic N) is 1. The fourth-order valence-electron chi connectivity index (χ4n) is 3.67. The van der Waals surface area contributed by atoms with Crippen molar-refractivity contribution < 1.29 is 9.47 Å². The highest BCUT2D eigenvalue weighted by atomic mass is 16.5. The van der Waals surface area contributed by atoms with Gasteiger partial charge in [0, 0.05) is 38.4 Å². The lowest BCUT2D eigenvalue weighted by Gasteiger charge is -2.49. The van der Waals surface area contributed by atoms with E-state index in [0.717, 1.165) is 37.8 Å². The molecule has 1 N–H and O–H groups in total. The van der Waals surface area contributed by atoms with Gasteiger partial charge < -0.3 is 14.8 Å². The smallest absolute Gasteiger partial charge is 0.0700 e. The molecule has 2 saturated heterocycles. The van der Waals surface area contributed by atoms with Crippen LogP contribution in [0.4, 0.5) is 0 Å². The number of fused-ring (bicyclic) bond motifs is 2. The minimum Gasteiger partial charge on any atom is -0.382 e. The van der Waals surface area contributed by atoms with Gasteiger partial charge in [0.2, 0.25) is 0 Å². The molecule has 2 bridgehead atoms. The molecular weight excluding hydrogens is 240 g/mol. The molecule has 4 heteroatoms. The lowest BCUT2D eigenvalue weighted by atomic mass is 9.81. The molecule has 2 aliphatic heterocycles.